The number of halogens is 5. The molecule has 2 aromatic rings. The van der Waals surface area contributed by atoms with Gasteiger partial charge in [0.2, 0.25) is 0 Å². The number of ether oxygens (including phenoxy) is 2. The Kier molecular flexibility index (Phi) is 9.16. The van der Waals surface area contributed by atoms with E-state index in [4.69, 9.17) is 9.84 Å². The van der Waals surface area contributed by atoms with Crippen molar-refractivity contribution in [3.63, 3.8) is 0 Å². The van der Waals surface area contributed by atoms with Crippen molar-refractivity contribution >= 4 is 17.9 Å². The third kappa shape index (κ3) is 9.15. The number of amides is 2. The summed E-state index contributed by atoms with van der Waals surface area (Å²) in [4.78, 5) is 24.9. The Morgan fingerprint density at radius 3 is 2.15 bits per heavy atom. The van der Waals surface area contributed by atoms with Crippen LogP contribution >= 0.6 is 0 Å². The maximum atomic E-state index is 12.5. The molecule has 7 nitrogen and oxygen atoms in total. The molecule has 0 bridgehead atoms. The van der Waals surface area contributed by atoms with E-state index in [1.807, 2.05) is 0 Å². The summed E-state index contributed by atoms with van der Waals surface area (Å²) in [5.41, 5.74) is 0.0971. The van der Waals surface area contributed by atoms with Crippen LogP contribution in [-0.4, -0.2) is 49.5 Å². The van der Waals surface area contributed by atoms with Gasteiger partial charge in [-0.3, -0.25) is 9.59 Å². The number of hydrogen-bond acceptors (Lipinski definition) is 5. The molecule has 0 saturated heterocycles. The number of aliphatic hydroxyl groups is 1. The highest BCUT2D eigenvalue weighted by Crippen LogP contribution is 2.23. The molecule has 2 rings (SSSR count). The van der Waals surface area contributed by atoms with Crippen LogP contribution in [0.1, 0.15) is 15.9 Å². The monoisotopic (exact) mass is 474 g/mol. The Balaban J connectivity index is 2.18. The topological polar surface area (TPSA) is 96.9 Å². The van der Waals surface area contributed by atoms with Gasteiger partial charge in [-0.1, -0.05) is 12.1 Å². The predicted octanol–water partition coefficient (Wildman–Crippen LogP) is 3.11. The lowest BCUT2D eigenvalue weighted by Gasteiger charge is -2.12. The van der Waals surface area contributed by atoms with E-state index < -0.39 is 37.0 Å². The average Bonchev–Trinajstić information content (AvgIpc) is 2.76. The van der Waals surface area contributed by atoms with E-state index in [-0.39, 0.29) is 35.7 Å². The molecular weight excluding hydrogens is 455 g/mol. The second kappa shape index (κ2) is 11.8. The quantitative estimate of drug-likeness (QED) is 0.363. The summed E-state index contributed by atoms with van der Waals surface area (Å²) in [5, 5.41) is 13.6. The van der Waals surface area contributed by atoms with Crippen LogP contribution in [0.4, 0.5) is 22.0 Å². The standard InChI is InChI=1S/C21H19F5N2O5/c22-18(23)12-32-15-7-3-14(4-8-15)19(30)28-17(20(31)27-9-10-29)11-13-1-5-16(6-2-13)33-21(24,25)26/h1-8,11,18,29H,9-10,12H2,(H,27,31)(H,28,30)/b17-11-. The number of carbonyl (C=O) groups excluding carboxylic acids is 2. The number of alkyl halides is 5. The normalized spacial score (nSPS) is 11.8. The van der Waals surface area contributed by atoms with Crippen molar-refractivity contribution < 1.29 is 46.1 Å². The Labute approximate surface area is 184 Å². The molecule has 33 heavy (non-hydrogen) atoms. The minimum Gasteiger partial charge on any atom is -0.488 e. The zero-order valence-electron chi connectivity index (χ0n) is 16.9. The molecule has 0 aliphatic carbocycles. The van der Waals surface area contributed by atoms with Crippen LogP contribution in [0.3, 0.4) is 0 Å². The molecule has 0 heterocycles. The Morgan fingerprint density at radius 1 is 1.00 bits per heavy atom. The maximum Gasteiger partial charge on any atom is 0.573 e. The Hall–Kier alpha value is -3.67. The number of hydrogen-bond donors (Lipinski definition) is 3. The van der Waals surface area contributed by atoms with E-state index in [0.29, 0.717) is 0 Å². The molecule has 2 aromatic carbocycles. The second-order valence-electron chi connectivity index (χ2n) is 6.33. The lowest BCUT2D eigenvalue weighted by atomic mass is 10.1. The Morgan fingerprint density at radius 2 is 1.61 bits per heavy atom. The summed E-state index contributed by atoms with van der Waals surface area (Å²) in [6.07, 6.45) is -6.31. The molecule has 0 radical (unpaired) electrons. The number of nitrogens with one attached hydrogen (secondary N) is 2. The largest absolute Gasteiger partial charge is 0.573 e. The highest BCUT2D eigenvalue weighted by atomic mass is 19.4. The van der Waals surface area contributed by atoms with Gasteiger partial charge in [0.05, 0.1) is 6.61 Å². The molecule has 3 N–H and O–H groups in total. The van der Waals surface area contributed by atoms with Gasteiger partial charge in [-0.05, 0) is 48.0 Å². The molecule has 12 heteroatoms. The van der Waals surface area contributed by atoms with Crippen molar-refractivity contribution in [2.75, 3.05) is 19.8 Å². The lowest BCUT2D eigenvalue weighted by Crippen LogP contribution is -2.36. The van der Waals surface area contributed by atoms with E-state index >= 15 is 0 Å². The molecule has 0 aliphatic heterocycles. The van der Waals surface area contributed by atoms with E-state index in [0.717, 1.165) is 12.1 Å². The smallest absolute Gasteiger partial charge is 0.488 e. The van der Waals surface area contributed by atoms with E-state index in [1.165, 1.54) is 42.5 Å². The van der Waals surface area contributed by atoms with Crippen LogP contribution in [0.2, 0.25) is 0 Å². The number of aliphatic hydroxyl groups excluding tert-OH is 1. The lowest BCUT2D eigenvalue weighted by molar-refractivity contribution is -0.274. The van der Waals surface area contributed by atoms with Crippen molar-refractivity contribution in [3.8, 4) is 11.5 Å². The van der Waals surface area contributed by atoms with Crippen LogP contribution < -0.4 is 20.1 Å². The summed E-state index contributed by atoms with van der Waals surface area (Å²) >= 11 is 0. The highest BCUT2D eigenvalue weighted by Gasteiger charge is 2.30. The first-order valence-electron chi connectivity index (χ1n) is 9.36. The van der Waals surface area contributed by atoms with Gasteiger partial charge in [-0.15, -0.1) is 13.2 Å². The van der Waals surface area contributed by atoms with Gasteiger partial charge < -0.3 is 25.2 Å². The zero-order chi connectivity index (χ0) is 24.4. The average molecular weight is 474 g/mol. The molecule has 0 aliphatic rings. The number of benzene rings is 2. The van der Waals surface area contributed by atoms with Crippen molar-refractivity contribution in [3.05, 3.63) is 65.4 Å². The highest BCUT2D eigenvalue weighted by molar-refractivity contribution is 6.05. The van der Waals surface area contributed by atoms with Crippen LogP contribution in [0.15, 0.2) is 54.2 Å². The Bertz CT molecular complexity index is 961. The third-order valence-corrected chi connectivity index (χ3v) is 3.81. The minimum atomic E-state index is -4.86. The first kappa shape index (κ1) is 25.6. The molecule has 0 atom stereocenters. The first-order valence-corrected chi connectivity index (χ1v) is 9.36. The van der Waals surface area contributed by atoms with Gasteiger partial charge >= 0.3 is 6.36 Å². The van der Waals surface area contributed by atoms with Crippen LogP contribution in [0, 0.1) is 0 Å². The van der Waals surface area contributed by atoms with Crippen LogP contribution in [-0.2, 0) is 4.79 Å². The van der Waals surface area contributed by atoms with Crippen molar-refractivity contribution in [2.45, 2.75) is 12.8 Å². The summed E-state index contributed by atoms with van der Waals surface area (Å²) in [6.45, 7) is -1.28. The van der Waals surface area contributed by atoms with E-state index in [2.05, 4.69) is 15.4 Å². The summed E-state index contributed by atoms with van der Waals surface area (Å²) in [5.74, 6) is -1.84. The van der Waals surface area contributed by atoms with Gasteiger partial charge in [0.15, 0.2) is 0 Å². The fraction of sp³-hybridized carbons (Fsp3) is 0.238. The van der Waals surface area contributed by atoms with E-state index in [9.17, 15) is 31.5 Å². The SMILES string of the molecule is O=C(NCCO)/C(=C/c1ccc(OC(F)(F)F)cc1)NC(=O)c1ccc(OCC(F)F)cc1. The van der Waals surface area contributed by atoms with Crippen LogP contribution in [0.25, 0.3) is 6.08 Å². The van der Waals surface area contributed by atoms with Crippen molar-refractivity contribution in [2.24, 2.45) is 0 Å². The summed E-state index contributed by atoms with van der Waals surface area (Å²) < 4.78 is 69.9. The molecule has 0 aromatic heterocycles. The van der Waals surface area contributed by atoms with Crippen molar-refractivity contribution in [1.82, 2.24) is 10.6 Å². The van der Waals surface area contributed by atoms with Gasteiger partial charge in [0, 0.05) is 12.1 Å². The maximum absolute atomic E-state index is 12.5. The molecule has 0 saturated carbocycles. The molecule has 2 amide bonds. The summed E-state index contributed by atoms with van der Waals surface area (Å²) in [6, 6.07) is 9.72. The van der Waals surface area contributed by atoms with Crippen LogP contribution in [0.5, 0.6) is 11.5 Å². The van der Waals surface area contributed by atoms with Gasteiger partial charge in [-0.25, -0.2) is 8.78 Å². The zero-order valence-corrected chi connectivity index (χ0v) is 16.9. The molecule has 178 valence electrons. The number of carbonyl (C=O) groups is 2. The first-order chi connectivity index (χ1) is 15.6. The second-order valence-corrected chi connectivity index (χ2v) is 6.33. The van der Waals surface area contributed by atoms with Crippen molar-refractivity contribution in [1.29, 1.82) is 0 Å². The minimum absolute atomic E-state index is 0.0779. The predicted molar refractivity (Wildman–Crippen MR) is 107 cm³/mol. The van der Waals surface area contributed by atoms with Gasteiger partial charge in [-0.2, -0.15) is 0 Å². The molecule has 0 unspecified atom stereocenters. The molecule has 0 spiro atoms. The van der Waals surface area contributed by atoms with Gasteiger partial charge in [0.25, 0.3) is 18.2 Å². The fourth-order valence-corrected chi connectivity index (χ4v) is 2.41. The molecular formula is C21H19F5N2O5. The third-order valence-electron chi connectivity index (χ3n) is 3.81. The van der Waals surface area contributed by atoms with E-state index in [1.54, 1.807) is 0 Å². The summed E-state index contributed by atoms with van der Waals surface area (Å²) in [7, 11) is 0. The molecule has 0 fully saturated rings. The fourth-order valence-electron chi connectivity index (χ4n) is 2.41. The number of rotatable bonds is 10. The van der Waals surface area contributed by atoms with Gasteiger partial charge in [0.1, 0.15) is 23.8 Å².